The molecule has 5 nitrogen and oxygen atoms in total. The van der Waals surface area contributed by atoms with E-state index in [2.05, 4.69) is 44.8 Å². The summed E-state index contributed by atoms with van der Waals surface area (Å²) < 4.78 is 0. The maximum Gasteiger partial charge on any atom is 0.325 e. The number of hydrogen-bond acceptors (Lipinski definition) is 5. The van der Waals surface area contributed by atoms with Crippen LogP contribution in [0.3, 0.4) is 0 Å². The zero-order valence-corrected chi connectivity index (χ0v) is 24.8. The van der Waals surface area contributed by atoms with Crippen molar-refractivity contribution in [3.8, 4) is 0 Å². The smallest absolute Gasteiger partial charge is 0.325 e. The van der Waals surface area contributed by atoms with Crippen LogP contribution in [-0.2, 0) is 9.63 Å². The summed E-state index contributed by atoms with van der Waals surface area (Å²) in [5, 5.41) is 5.54. The normalized spacial score (nSPS) is 21.4. The molecule has 0 aromatic rings. The Morgan fingerprint density at radius 1 is 0.750 bits per heavy atom. The van der Waals surface area contributed by atoms with Crippen LogP contribution in [0.15, 0.2) is 0 Å². The molecule has 2 aliphatic rings. The van der Waals surface area contributed by atoms with Gasteiger partial charge < -0.3 is 10.2 Å². The summed E-state index contributed by atoms with van der Waals surface area (Å²) in [6.07, 6.45) is 22.7. The summed E-state index contributed by atoms with van der Waals surface area (Å²) in [5.41, 5.74) is 0.167. The van der Waals surface area contributed by atoms with Gasteiger partial charge in [-0.1, -0.05) is 90.4 Å². The van der Waals surface area contributed by atoms with Crippen molar-refractivity contribution < 1.29 is 9.63 Å². The molecule has 2 aliphatic heterocycles. The van der Waals surface area contributed by atoms with Gasteiger partial charge in [-0.3, -0.25) is 9.69 Å². The van der Waals surface area contributed by atoms with Gasteiger partial charge in [0.05, 0.1) is 0 Å². The lowest BCUT2D eigenvalue weighted by atomic mass is 9.84. The Hall–Kier alpha value is -0.650. The first-order valence-electron chi connectivity index (χ1n) is 15.7. The molecule has 0 aliphatic carbocycles. The van der Waals surface area contributed by atoms with Crippen molar-refractivity contribution >= 4 is 5.97 Å². The van der Waals surface area contributed by atoms with E-state index in [0.29, 0.717) is 12.5 Å². The second-order valence-corrected chi connectivity index (χ2v) is 12.9. The lowest BCUT2D eigenvalue weighted by molar-refractivity contribution is -0.195. The quantitative estimate of drug-likeness (QED) is 0.193. The van der Waals surface area contributed by atoms with Gasteiger partial charge in [-0.2, -0.15) is 0 Å². The predicted octanol–water partition coefficient (Wildman–Crippen LogP) is 7.63. The second kappa shape index (κ2) is 17.0. The minimum absolute atomic E-state index is 0.0395. The van der Waals surface area contributed by atoms with Gasteiger partial charge in [-0.05, 0) is 53.4 Å². The number of hydrogen-bond donors (Lipinski definition) is 1. The highest BCUT2D eigenvalue weighted by Gasteiger charge is 2.44. The van der Waals surface area contributed by atoms with Crippen LogP contribution >= 0.6 is 0 Å². The maximum absolute atomic E-state index is 12.7. The molecule has 5 heteroatoms. The van der Waals surface area contributed by atoms with E-state index in [1.165, 1.54) is 89.9 Å². The van der Waals surface area contributed by atoms with E-state index >= 15 is 0 Å². The molecule has 0 radical (unpaired) electrons. The number of carbonyl (C=O) groups excluding carboxylic acids is 1. The first-order valence-corrected chi connectivity index (χ1v) is 15.7. The van der Waals surface area contributed by atoms with Crippen LogP contribution < -0.4 is 5.32 Å². The van der Waals surface area contributed by atoms with Crippen LogP contribution in [0.4, 0.5) is 0 Å². The van der Waals surface area contributed by atoms with Crippen molar-refractivity contribution in [3.63, 3.8) is 0 Å². The monoisotopic (exact) mass is 507 g/mol. The molecule has 0 spiro atoms. The standard InChI is InChI=1S/C31H61N3O2/c1-6-7-8-9-10-11-12-13-14-15-16-18-21-28(34-30(2,3)26-32-27-31(34,4)5)22-23-29(35)36-33-24-19-17-20-25-33/h28,32H,6-27H2,1-5H3. The van der Waals surface area contributed by atoms with E-state index in [-0.39, 0.29) is 17.0 Å². The van der Waals surface area contributed by atoms with Crippen molar-refractivity contribution in [1.82, 2.24) is 15.3 Å². The summed E-state index contributed by atoms with van der Waals surface area (Å²) in [6.45, 7) is 15.5. The van der Waals surface area contributed by atoms with E-state index < -0.39 is 0 Å². The molecule has 2 saturated heterocycles. The molecule has 0 bridgehead atoms. The Bertz CT molecular complexity index is 570. The summed E-state index contributed by atoms with van der Waals surface area (Å²) in [4.78, 5) is 21.2. The van der Waals surface area contributed by atoms with E-state index in [4.69, 9.17) is 4.84 Å². The number of nitrogens with one attached hydrogen (secondary N) is 1. The highest BCUT2D eigenvalue weighted by Crippen LogP contribution is 2.34. The first-order chi connectivity index (χ1) is 17.3. The van der Waals surface area contributed by atoms with Gasteiger partial charge in [0.15, 0.2) is 0 Å². The van der Waals surface area contributed by atoms with Crippen LogP contribution in [0.2, 0.25) is 0 Å². The predicted molar refractivity (Wildman–Crippen MR) is 153 cm³/mol. The molecule has 0 aromatic carbocycles. The van der Waals surface area contributed by atoms with Gasteiger partial charge in [0.25, 0.3) is 0 Å². The third-order valence-corrected chi connectivity index (χ3v) is 8.40. The van der Waals surface area contributed by atoms with Gasteiger partial charge in [0, 0.05) is 49.7 Å². The lowest BCUT2D eigenvalue weighted by Gasteiger charge is -2.56. The van der Waals surface area contributed by atoms with Gasteiger partial charge in [0.2, 0.25) is 0 Å². The maximum atomic E-state index is 12.7. The number of hydroxylamine groups is 2. The van der Waals surface area contributed by atoms with Crippen LogP contribution in [0.1, 0.15) is 150 Å². The summed E-state index contributed by atoms with van der Waals surface area (Å²) in [5.74, 6) is -0.0395. The molecule has 1 N–H and O–H groups in total. The molecule has 2 heterocycles. The summed E-state index contributed by atoms with van der Waals surface area (Å²) >= 11 is 0. The summed E-state index contributed by atoms with van der Waals surface area (Å²) in [6, 6.07) is 0.425. The van der Waals surface area contributed by atoms with Crippen molar-refractivity contribution in [2.75, 3.05) is 26.2 Å². The highest BCUT2D eigenvalue weighted by atomic mass is 16.7. The third-order valence-electron chi connectivity index (χ3n) is 8.40. The van der Waals surface area contributed by atoms with E-state index in [0.717, 1.165) is 45.4 Å². The van der Waals surface area contributed by atoms with E-state index in [9.17, 15) is 4.79 Å². The Balaban J connectivity index is 1.76. The Morgan fingerprint density at radius 3 is 1.78 bits per heavy atom. The SMILES string of the molecule is CCCCCCCCCCCCCCC(CCC(=O)ON1CCCCC1)N1C(C)(C)CNCC1(C)C. The van der Waals surface area contributed by atoms with Gasteiger partial charge >= 0.3 is 5.97 Å². The Morgan fingerprint density at radius 2 is 1.25 bits per heavy atom. The van der Waals surface area contributed by atoms with Gasteiger partial charge in [-0.15, -0.1) is 5.06 Å². The van der Waals surface area contributed by atoms with E-state index in [1.54, 1.807) is 0 Å². The van der Waals surface area contributed by atoms with Crippen LogP contribution in [0.5, 0.6) is 0 Å². The van der Waals surface area contributed by atoms with Gasteiger partial charge in [0.1, 0.15) is 0 Å². The Labute approximate surface area is 224 Å². The molecule has 1 unspecified atom stereocenters. The molecule has 2 fully saturated rings. The van der Waals surface area contributed by atoms with Crippen molar-refractivity contribution in [2.24, 2.45) is 0 Å². The highest BCUT2D eigenvalue weighted by molar-refractivity contribution is 5.69. The fraction of sp³-hybridized carbons (Fsp3) is 0.968. The van der Waals surface area contributed by atoms with Crippen molar-refractivity contribution in [3.05, 3.63) is 0 Å². The molecular weight excluding hydrogens is 446 g/mol. The van der Waals surface area contributed by atoms with Crippen LogP contribution in [0, 0.1) is 0 Å². The Kier molecular flexibility index (Phi) is 14.9. The number of unbranched alkanes of at least 4 members (excludes halogenated alkanes) is 11. The molecule has 0 aromatic heterocycles. The van der Waals surface area contributed by atoms with Gasteiger partial charge in [-0.25, -0.2) is 0 Å². The molecule has 212 valence electrons. The van der Waals surface area contributed by atoms with Crippen LogP contribution in [0.25, 0.3) is 0 Å². The second-order valence-electron chi connectivity index (χ2n) is 12.9. The van der Waals surface area contributed by atoms with E-state index in [1.807, 2.05) is 5.06 Å². The minimum Gasteiger partial charge on any atom is -0.368 e. The minimum atomic E-state index is -0.0395. The number of rotatable bonds is 18. The summed E-state index contributed by atoms with van der Waals surface area (Å²) in [7, 11) is 0. The van der Waals surface area contributed by atoms with Crippen molar-refractivity contribution in [2.45, 2.75) is 167 Å². The molecule has 1 atom stereocenters. The molecular formula is C31H61N3O2. The zero-order valence-electron chi connectivity index (χ0n) is 24.8. The number of nitrogens with zero attached hydrogens (tertiary/aromatic N) is 2. The topological polar surface area (TPSA) is 44.8 Å². The third kappa shape index (κ3) is 11.8. The number of carbonyl (C=O) groups is 1. The fourth-order valence-corrected chi connectivity index (χ4v) is 6.71. The lowest BCUT2D eigenvalue weighted by Crippen LogP contribution is -2.70. The molecule has 0 amide bonds. The average molecular weight is 508 g/mol. The zero-order chi connectivity index (χ0) is 26.3. The fourth-order valence-electron chi connectivity index (χ4n) is 6.71. The molecule has 2 rings (SSSR count). The van der Waals surface area contributed by atoms with Crippen molar-refractivity contribution in [1.29, 1.82) is 0 Å². The van der Waals surface area contributed by atoms with Crippen LogP contribution in [-0.4, -0.2) is 59.2 Å². The largest absolute Gasteiger partial charge is 0.368 e. The number of piperazine rings is 1. The first kappa shape index (κ1) is 31.6. The molecule has 0 saturated carbocycles. The average Bonchev–Trinajstić information content (AvgIpc) is 2.82. The molecule has 36 heavy (non-hydrogen) atoms. The number of piperidine rings is 1.